The summed E-state index contributed by atoms with van der Waals surface area (Å²) in [5.41, 5.74) is 0.492. The highest BCUT2D eigenvalue weighted by atomic mass is 16.6. The van der Waals surface area contributed by atoms with Crippen molar-refractivity contribution in [3.63, 3.8) is 0 Å². The van der Waals surface area contributed by atoms with E-state index >= 15 is 0 Å². The first-order chi connectivity index (χ1) is 12.3. The first-order valence-corrected chi connectivity index (χ1v) is 8.00. The number of rotatable bonds is 6. The molecule has 1 amide bonds. The van der Waals surface area contributed by atoms with Gasteiger partial charge < -0.3 is 5.32 Å². The molecule has 0 saturated carbocycles. The Bertz CT molecular complexity index is 926. The number of nitrogens with one attached hydrogen (secondary N) is 1. The topological polar surface area (TPSA) is 118 Å². The molecule has 0 unspecified atom stereocenters. The Balaban J connectivity index is 2.22. The Morgan fingerprint density at radius 1 is 1.38 bits per heavy atom. The smallest absolute Gasteiger partial charge is 0.287 e. The van der Waals surface area contributed by atoms with Crippen LogP contribution in [0.4, 0.5) is 5.69 Å². The van der Waals surface area contributed by atoms with Crippen LogP contribution >= 0.6 is 0 Å². The second-order valence-corrected chi connectivity index (χ2v) is 5.85. The van der Waals surface area contributed by atoms with Crippen molar-refractivity contribution >= 4 is 11.6 Å². The lowest BCUT2D eigenvalue weighted by Gasteiger charge is -2.18. The van der Waals surface area contributed by atoms with E-state index in [0.717, 1.165) is 28.0 Å². The Morgan fingerprint density at radius 2 is 2.04 bits per heavy atom. The van der Waals surface area contributed by atoms with Crippen LogP contribution in [-0.2, 0) is 11.3 Å². The Morgan fingerprint density at radius 3 is 2.58 bits per heavy atom. The number of hydrogen-bond donors (Lipinski definition) is 1. The van der Waals surface area contributed by atoms with E-state index in [-0.39, 0.29) is 11.6 Å². The molecule has 26 heavy (non-hydrogen) atoms. The number of nitriles is 1. The molecule has 1 N–H and O–H groups in total. The average Bonchev–Trinajstić information content (AvgIpc) is 2.62. The summed E-state index contributed by atoms with van der Waals surface area (Å²) in [5, 5.41) is 22.7. The summed E-state index contributed by atoms with van der Waals surface area (Å²) in [4.78, 5) is 34.7. The molecule has 2 aromatic rings. The summed E-state index contributed by atoms with van der Waals surface area (Å²) >= 11 is 0. The zero-order valence-corrected chi connectivity index (χ0v) is 14.4. The molecule has 0 aliphatic heterocycles. The monoisotopic (exact) mass is 354 g/mol. The number of carbonyl (C=O) groups is 1. The van der Waals surface area contributed by atoms with Gasteiger partial charge in [-0.3, -0.25) is 24.3 Å². The molecule has 0 radical (unpaired) electrons. The maximum Gasteiger partial charge on any atom is 0.287 e. The number of hydrogen-bond acceptors (Lipinski definition) is 5. The molecular formula is C18H18N4O4. The summed E-state index contributed by atoms with van der Waals surface area (Å²) in [6.45, 7) is 3.47. The normalized spacial score (nSPS) is 11.4. The third kappa shape index (κ3) is 4.33. The molecule has 1 aromatic carbocycles. The van der Waals surface area contributed by atoms with Crippen LogP contribution in [-0.4, -0.2) is 15.4 Å². The van der Waals surface area contributed by atoms with Gasteiger partial charge in [0.2, 0.25) is 5.91 Å². The number of carbonyl (C=O) groups excluding carboxylic acids is 1. The van der Waals surface area contributed by atoms with Crippen LogP contribution in [0, 0.1) is 28.4 Å². The van der Waals surface area contributed by atoms with Gasteiger partial charge in [-0.05, 0) is 18.9 Å². The molecule has 0 bridgehead atoms. The lowest BCUT2D eigenvalue weighted by atomic mass is 10.0. The zero-order valence-electron chi connectivity index (χ0n) is 14.4. The predicted octanol–water partition coefficient (Wildman–Crippen LogP) is 2.20. The molecule has 0 aliphatic carbocycles. The van der Waals surface area contributed by atoms with E-state index in [4.69, 9.17) is 5.26 Å². The number of amides is 1. The van der Waals surface area contributed by atoms with Gasteiger partial charge in [0, 0.05) is 6.07 Å². The number of aryl methyl sites for hydroxylation is 1. The summed E-state index contributed by atoms with van der Waals surface area (Å²) in [6, 6.07) is 9.98. The van der Waals surface area contributed by atoms with Gasteiger partial charge in [-0.25, -0.2) is 0 Å². The van der Waals surface area contributed by atoms with Gasteiger partial charge in [0.15, 0.2) is 0 Å². The van der Waals surface area contributed by atoms with Crippen molar-refractivity contribution in [3.05, 3.63) is 73.7 Å². The molecule has 2 rings (SSSR count). The minimum Gasteiger partial charge on any atom is -0.348 e. The number of aromatic nitrogens is 1. The van der Waals surface area contributed by atoms with E-state index in [1.54, 1.807) is 6.07 Å². The molecule has 0 aliphatic rings. The van der Waals surface area contributed by atoms with Gasteiger partial charge in [0.05, 0.1) is 17.2 Å². The Labute approximate surface area is 149 Å². The van der Waals surface area contributed by atoms with E-state index < -0.39 is 28.6 Å². The summed E-state index contributed by atoms with van der Waals surface area (Å²) < 4.78 is 0.883. The van der Waals surface area contributed by atoms with Gasteiger partial charge in [0.25, 0.3) is 11.2 Å². The van der Waals surface area contributed by atoms with Crippen LogP contribution in [0.1, 0.15) is 36.1 Å². The first-order valence-electron chi connectivity index (χ1n) is 8.00. The number of benzene rings is 1. The first kappa shape index (κ1) is 18.9. The average molecular weight is 354 g/mol. The number of pyridine rings is 1. The van der Waals surface area contributed by atoms with Gasteiger partial charge in [0.1, 0.15) is 18.2 Å². The second-order valence-electron chi connectivity index (χ2n) is 5.85. The van der Waals surface area contributed by atoms with Gasteiger partial charge >= 0.3 is 0 Å². The van der Waals surface area contributed by atoms with Gasteiger partial charge in [-0.2, -0.15) is 5.26 Å². The maximum atomic E-state index is 12.3. The largest absolute Gasteiger partial charge is 0.348 e. The summed E-state index contributed by atoms with van der Waals surface area (Å²) in [6.07, 6.45) is 1.61. The standard InChI is InChI=1S/C18H18N4O4/c1-3-16(13-6-4-12(2)5-7-13)20-17(23)11-21-10-15(22(25)26)8-14(9-19)18(21)24/h4-8,10,16H,3,11H2,1-2H3,(H,20,23)/t16-/m0/s1. The quantitative estimate of drug-likeness (QED) is 0.630. The minimum atomic E-state index is -0.739. The van der Waals surface area contributed by atoms with Crippen LogP contribution in [0.25, 0.3) is 0 Å². The van der Waals surface area contributed by atoms with Crippen LogP contribution in [0.5, 0.6) is 0 Å². The molecule has 0 fully saturated rings. The Kier molecular flexibility index (Phi) is 5.86. The molecule has 1 aromatic heterocycles. The van der Waals surface area contributed by atoms with E-state index in [2.05, 4.69) is 5.32 Å². The lowest BCUT2D eigenvalue weighted by molar-refractivity contribution is -0.385. The number of nitro groups is 1. The third-order valence-corrected chi connectivity index (χ3v) is 3.94. The highest BCUT2D eigenvalue weighted by Crippen LogP contribution is 2.17. The van der Waals surface area contributed by atoms with Crippen molar-refractivity contribution in [1.29, 1.82) is 5.26 Å². The van der Waals surface area contributed by atoms with Crippen molar-refractivity contribution < 1.29 is 9.72 Å². The van der Waals surface area contributed by atoms with Crippen molar-refractivity contribution in [2.75, 3.05) is 0 Å². The molecule has 8 nitrogen and oxygen atoms in total. The lowest BCUT2D eigenvalue weighted by Crippen LogP contribution is -2.35. The van der Waals surface area contributed by atoms with Crippen LogP contribution in [0.3, 0.4) is 0 Å². The highest BCUT2D eigenvalue weighted by Gasteiger charge is 2.17. The van der Waals surface area contributed by atoms with Crippen LogP contribution in [0.15, 0.2) is 41.3 Å². The van der Waals surface area contributed by atoms with Gasteiger partial charge in [-0.15, -0.1) is 0 Å². The zero-order chi connectivity index (χ0) is 19.3. The predicted molar refractivity (Wildman–Crippen MR) is 94.4 cm³/mol. The summed E-state index contributed by atoms with van der Waals surface area (Å²) in [5.74, 6) is -0.469. The molecular weight excluding hydrogens is 336 g/mol. The molecule has 134 valence electrons. The minimum absolute atomic E-state index is 0.243. The van der Waals surface area contributed by atoms with Crippen molar-refractivity contribution in [1.82, 2.24) is 9.88 Å². The summed E-state index contributed by atoms with van der Waals surface area (Å²) in [7, 11) is 0. The molecule has 0 saturated heterocycles. The number of nitrogens with zero attached hydrogens (tertiary/aromatic N) is 3. The molecule has 0 spiro atoms. The molecule has 8 heteroatoms. The van der Waals surface area contributed by atoms with Crippen molar-refractivity contribution in [2.45, 2.75) is 32.9 Å². The van der Waals surface area contributed by atoms with Gasteiger partial charge in [-0.1, -0.05) is 36.8 Å². The molecule has 1 heterocycles. The van der Waals surface area contributed by atoms with Crippen LogP contribution in [0.2, 0.25) is 0 Å². The second kappa shape index (κ2) is 8.07. The fraction of sp³-hybridized carbons (Fsp3) is 0.278. The van der Waals surface area contributed by atoms with Crippen molar-refractivity contribution in [3.8, 4) is 6.07 Å². The third-order valence-electron chi connectivity index (χ3n) is 3.94. The fourth-order valence-corrected chi connectivity index (χ4v) is 2.53. The molecule has 1 atom stereocenters. The maximum absolute atomic E-state index is 12.3. The SMILES string of the molecule is CC[C@H](NC(=O)Cn1cc([N+](=O)[O-])cc(C#N)c1=O)c1ccc(C)cc1. The van der Waals surface area contributed by atoms with Crippen molar-refractivity contribution in [2.24, 2.45) is 0 Å². The van der Waals surface area contributed by atoms with E-state index in [9.17, 15) is 19.7 Å². The van der Waals surface area contributed by atoms with E-state index in [1.807, 2.05) is 38.1 Å². The Hall–Kier alpha value is -3.47. The van der Waals surface area contributed by atoms with E-state index in [0.29, 0.717) is 6.42 Å². The van der Waals surface area contributed by atoms with E-state index in [1.165, 1.54) is 0 Å². The fourth-order valence-electron chi connectivity index (χ4n) is 2.53. The highest BCUT2D eigenvalue weighted by molar-refractivity contribution is 5.76. The van der Waals surface area contributed by atoms with Crippen LogP contribution < -0.4 is 10.9 Å².